The number of hydrogen-bond donors (Lipinski definition) is 2. The molecule has 1 aliphatic carbocycles. The Hall–Kier alpha value is -0.560. The molecular formula is C13H25N3. The first-order chi connectivity index (χ1) is 7.56. The van der Waals surface area contributed by atoms with Gasteiger partial charge in [-0.1, -0.05) is 6.92 Å². The summed E-state index contributed by atoms with van der Waals surface area (Å²) >= 11 is 0. The Morgan fingerprint density at radius 1 is 1.50 bits per heavy atom. The van der Waals surface area contributed by atoms with Crippen LogP contribution in [0.15, 0.2) is 0 Å². The van der Waals surface area contributed by atoms with Crippen LogP contribution in [0.4, 0.5) is 0 Å². The van der Waals surface area contributed by atoms with Gasteiger partial charge in [0.25, 0.3) is 0 Å². The summed E-state index contributed by atoms with van der Waals surface area (Å²) in [5, 5.41) is 0. The first-order valence-corrected chi connectivity index (χ1v) is 6.14. The van der Waals surface area contributed by atoms with Crippen LogP contribution in [0.3, 0.4) is 0 Å². The molecule has 0 aromatic rings. The molecule has 92 valence electrons. The molecule has 0 heterocycles. The normalized spacial score (nSPS) is 32.4. The molecule has 1 aliphatic rings. The Morgan fingerprint density at radius 3 is 2.44 bits per heavy atom. The van der Waals surface area contributed by atoms with E-state index in [2.05, 4.69) is 37.3 Å². The second-order valence-corrected chi connectivity index (χ2v) is 5.31. The van der Waals surface area contributed by atoms with Crippen LogP contribution in [0.1, 0.15) is 39.0 Å². The van der Waals surface area contributed by atoms with Gasteiger partial charge in [0.2, 0.25) is 0 Å². The van der Waals surface area contributed by atoms with E-state index in [0.717, 1.165) is 5.92 Å². The lowest BCUT2D eigenvalue weighted by atomic mass is 9.71. The maximum Gasteiger partial charge on any atom is 0.0503 e. The van der Waals surface area contributed by atoms with Crippen molar-refractivity contribution in [2.75, 3.05) is 14.1 Å². The summed E-state index contributed by atoms with van der Waals surface area (Å²) < 4.78 is 0. The molecule has 3 nitrogen and oxygen atoms in total. The molecule has 1 saturated carbocycles. The number of hydrogen-bond acceptors (Lipinski definition) is 3. The fourth-order valence-electron chi connectivity index (χ4n) is 2.89. The third kappa shape index (κ3) is 2.57. The molecule has 0 aliphatic heterocycles. The monoisotopic (exact) mass is 223 g/mol. The van der Waals surface area contributed by atoms with E-state index in [9.17, 15) is 0 Å². The minimum Gasteiger partial charge on any atom is -0.302 e. The van der Waals surface area contributed by atoms with E-state index < -0.39 is 0 Å². The van der Waals surface area contributed by atoms with Gasteiger partial charge in [-0.2, -0.15) is 0 Å². The average Bonchev–Trinajstić information content (AvgIpc) is 2.27. The van der Waals surface area contributed by atoms with Crippen molar-refractivity contribution in [3.8, 4) is 12.3 Å². The SMILES string of the molecule is C#CCC(NN)C1(N(C)C)CCC(C)CC1. The molecule has 3 N–H and O–H groups in total. The summed E-state index contributed by atoms with van der Waals surface area (Å²) in [6, 6.07) is 0.194. The number of nitrogens with zero attached hydrogens (tertiary/aromatic N) is 1. The molecule has 1 rings (SSSR count). The van der Waals surface area contributed by atoms with Crippen LogP contribution in [0.2, 0.25) is 0 Å². The summed E-state index contributed by atoms with van der Waals surface area (Å²) in [5.41, 5.74) is 3.06. The second kappa shape index (κ2) is 5.67. The van der Waals surface area contributed by atoms with Crippen LogP contribution >= 0.6 is 0 Å². The Balaban J connectivity index is 2.83. The predicted molar refractivity (Wildman–Crippen MR) is 68.6 cm³/mol. The van der Waals surface area contributed by atoms with Crippen molar-refractivity contribution < 1.29 is 0 Å². The summed E-state index contributed by atoms with van der Waals surface area (Å²) in [6.45, 7) is 2.33. The lowest BCUT2D eigenvalue weighted by Crippen LogP contribution is -2.61. The second-order valence-electron chi connectivity index (χ2n) is 5.31. The van der Waals surface area contributed by atoms with Crippen LogP contribution in [0.25, 0.3) is 0 Å². The van der Waals surface area contributed by atoms with E-state index in [1.807, 2.05) is 0 Å². The molecule has 0 saturated heterocycles. The maximum absolute atomic E-state index is 5.68. The van der Waals surface area contributed by atoms with Gasteiger partial charge in [0.1, 0.15) is 0 Å². The molecule has 16 heavy (non-hydrogen) atoms. The summed E-state index contributed by atoms with van der Waals surface area (Å²) in [6.07, 6.45) is 11.0. The fraction of sp³-hybridized carbons (Fsp3) is 0.846. The molecule has 0 radical (unpaired) electrons. The minimum atomic E-state index is 0.133. The largest absolute Gasteiger partial charge is 0.302 e. The smallest absolute Gasteiger partial charge is 0.0503 e. The highest BCUT2D eigenvalue weighted by Crippen LogP contribution is 2.38. The quantitative estimate of drug-likeness (QED) is 0.429. The van der Waals surface area contributed by atoms with Crippen LogP contribution in [0, 0.1) is 18.3 Å². The van der Waals surface area contributed by atoms with Crippen molar-refractivity contribution >= 4 is 0 Å². The third-order valence-electron chi connectivity index (χ3n) is 4.20. The molecule has 0 amide bonds. The zero-order valence-electron chi connectivity index (χ0n) is 10.8. The summed E-state index contributed by atoms with van der Waals surface area (Å²) in [5.74, 6) is 9.24. The van der Waals surface area contributed by atoms with E-state index in [-0.39, 0.29) is 11.6 Å². The molecule has 3 heteroatoms. The Labute approximate surface area is 99.7 Å². The summed E-state index contributed by atoms with van der Waals surface area (Å²) in [4.78, 5) is 2.31. The van der Waals surface area contributed by atoms with E-state index in [1.165, 1.54) is 25.7 Å². The molecule has 0 aromatic carbocycles. The number of terminal acetylenes is 1. The Kier molecular flexibility index (Phi) is 4.79. The number of nitrogens with one attached hydrogen (secondary N) is 1. The highest BCUT2D eigenvalue weighted by Gasteiger charge is 2.42. The zero-order valence-corrected chi connectivity index (χ0v) is 10.8. The lowest BCUT2D eigenvalue weighted by molar-refractivity contribution is 0.0451. The topological polar surface area (TPSA) is 41.3 Å². The van der Waals surface area contributed by atoms with Gasteiger partial charge in [-0.25, -0.2) is 0 Å². The number of rotatable bonds is 4. The van der Waals surface area contributed by atoms with E-state index in [4.69, 9.17) is 12.3 Å². The molecule has 0 spiro atoms. The molecule has 1 atom stereocenters. The van der Waals surface area contributed by atoms with Gasteiger partial charge < -0.3 is 4.90 Å². The van der Waals surface area contributed by atoms with E-state index in [1.54, 1.807) is 0 Å². The third-order valence-corrected chi connectivity index (χ3v) is 4.20. The van der Waals surface area contributed by atoms with Gasteiger partial charge in [0, 0.05) is 12.0 Å². The van der Waals surface area contributed by atoms with Crippen molar-refractivity contribution in [1.82, 2.24) is 10.3 Å². The molecule has 0 bridgehead atoms. The van der Waals surface area contributed by atoms with E-state index >= 15 is 0 Å². The van der Waals surface area contributed by atoms with Gasteiger partial charge in [0.05, 0.1) is 6.04 Å². The number of hydrazine groups is 1. The fourth-order valence-corrected chi connectivity index (χ4v) is 2.89. The van der Waals surface area contributed by atoms with E-state index in [0.29, 0.717) is 6.42 Å². The molecule has 1 fully saturated rings. The van der Waals surface area contributed by atoms with Gasteiger partial charge >= 0.3 is 0 Å². The van der Waals surface area contributed by atoms with Crippen molar-refractivity contribution in [2.24, 2.45) is 11.8 Å². The van der Waals surface area contributed by atoms with Crippen molar-refractivity contribution in [2.45, 2.75) is 50.6 Å². The van der Waals surface area contributed by atoms with Crippen molar-refractivity contribution in [1.29, 1.82) is 0 Å². The van der Waals surface area contributed by atoms with Crippen LogP contribution < -0.4 is 11.3 Å². The first-order valence-electron chi connectivity index (χ1n) is 6.14. The van der Waals surface area contributed by atoms with Crippen molar-refractivity contribution in [3.63, 3.8) is 0 Å². The Bertz CT molecular complexity index is 246. The van der Waals surface area contributed by atoms with Crippen molar-refractivity contribution in [3.05, 3.63) is 0 Å². The summed E-state index contributed by atoms with van der Waals surface area (Å²) in [7, 11) is 4.27. The predicted octanol–water partition coefficient (Wildman–Crippen LogP) is 1.35. The molecule has 0 aromatic heterocycles. The first kappa shape index (κ1) is 13.5. The zero-order chi connectivity index (χ0) is 12.2. The van der Waals surface area contributed by atoms with Gasteiger partial charge in [0.15, 0.2) is 0 Å². The highest BCUT2D eigenvalue weighted by molar-refractivity contribution is 5.05. The molecule has 1 unspecified atom stereocenters. The van der Waals surface area contributed by atoms with Crippen LogP contribution in [-0.4, -0.2) is 30.6 Å². The minimum absolute atomic E-state index is 0.133. The van der Waals surface area contributed by atoms with Crippen LogP contribution in [0.5, 0.6) is 0 Å². The lowest BCUT2D eigenvalue weighted by Gasteiger charge is -2.49. The number of nitrogens with two attached hydrogens (primary N) is 1. The molecular weight excluding hydrogens is 198 g/mol. The van der Waals surface area contributed by atoms with Gasteiger partial charge in [-0.3, -0.25) is 11.3 Å². The van der Waals surface area contributed by atoms with Gasteiger partial charge in [-0.15, -0.1) is 12.3 Å². The highest BCUT2D eigenvalue weighted by atomic mass is 15.3. The number of likely N-dealkylation sites (N-methyl/N-ethyl adjacent to an activating group) is 1. The standard InChI is InChI=1S/C13H25N3/c1-5-6-12(15-14)13(16(3)4)9-7-11(2)8-10-13/h1,11-12,15H,6-10,14H2,2-4H3. The maximum atomic E-state index is 5.68. The Morgan fingerprint density at radius 2 is 2.06 bits per heavy atom. The van der Waals surface area contributed by atoms with Gasteiger partial charge in [-0.05, 0) is 45.7 Å². The van der Waals surface area contributed by atoms with Crippen LogP contribution in [-0.2, 0) is 0 Å². The average molecular weight is 223 g/mol.